The zero-order valence-corrected chi connectivity index (χ0v) is 12.7. The molecule has 112 valence electrons. The first-order valence-corrected chi connectivity index (χ1v) is 8.74. The molecule has 7 heteroatoms. The summed E-state index contributed by atoms with van der Waals surface area (Å²) in [6.07, 6.45) is 0. The molecule has 2 aromatic rings. The van der Waals surface area contributed by atoms with Crippen molar-refractivity contribution < 1.29 is 17.0 Å². The van der Waals surface area contributed by atoms with Crippen LogP contribution in [0.5, 0.6) is 0 Å². The van der Waals surface area contributed by atoms with Crippen molar-refractivity contribution >= 4 is 20.4 Å². The Kier molecular flexibility index (Phi) is 4.43. The second-order valence-electron chi connectivity index (χ2n) is 4.48. The summed E-state index contributed by atoms with van der Waals surface area (Å²) >= 11 is 0. The van der Waals surface area contributed by atoms with Gasteiger partial charge in [-0.25, -0.2) is 12.8 Å². The molecule has 0 radical (unpaired) electrons. The van der Waals surface area contributed by atoms with E-state index in [1.807, 2.05) is 0 Å². The molecule has 0 amide bonds. The normalized spacial score (nSPS) is 13.3. The molecule has 0 bridgehead atoms. The molecule has 2 aromatic carbocycles. The van der Waals surface area contributed by atoms with Crippen molar-refractivity contribution in [3.8, 4) is 0 Å². The van der Waals surface area contributed by atoms with Gasteiger partial charge >= 0.3 is 0 Å². The van der Waals surface area contributed by atoms with E-state index in [-0.39, 0.29) is 9.79 Å². The molecule has 0 aliphatic carbocycles. The molecule has 1 N–H and O–H groups in total. The third-order valence-electron chi connectivity index (χ3n) is 3.15. The summed E-state index contributed by atoms with van der Waals surface area (Å²) in [5.41, 5.74) is 0.364. The summed E-state index contributed by atoms with van der Waals surface area (Å²) in [4.78, 5) is 0.279. The first kappa shape index (κ1) is 15.7. The molecule has 0 heterocycles. The smallest absolute Gasteiger partial charge is 0.185 e. The van der Waals surface area contributed by atoms with Gasteiger partial charge in [0.1, 0.15) is 5.82 Å². The molecule has 1 atom stereocenters. The Morgan fingerprint density at radius 3 is 2.29 bits per heavy atom. The minimum Gasteiger partial charge on any atom is -0.440 e. The van der Waals surface area contributed by atoms with Gasteiger partial charge in [0, 0.05) is 0 Å². The van der Waals surface area contributed by atoms with E-state index in [4.69, 9.17) is 4.78 Å². The van der Waals surface area contributed by atoms with Crippen molar-refractivity contribution in [3.63, 3.8) is 0 Å². The third kappa shape index (κ3) is 3.30. The Labute approximate surface area is 124 Å². The van der Waals surface area contributed by atoms with Crippen LogP contribution < -0.4 is 0 Å². The number of hydrogen-bond acceptors (Lipinski definition) is 5. The highest BCUT2D eigenvalue weighted by molar-refractivity contribution is 7.91. The van der Waals surface area contributed by atoms with Gasteiger partial charge in [-0.05, 0) is 36.8 Å². The largest absolute Gasteiger partial charge is 0.440 e. The Morgan fingerprint density at radius 1 is 1.14 bits per heavy atom. The molecule has 0 aromatic heterocycles. The minimum absolute atomic E-state index is 0.0495. The monoisotopic (exact) mass is 326 g/mol. The fourth-order valence-corrected chi connectivity index (χ4v) is 3.71. The molecule has 0 saturated carbocycles. The van der Waals surface area contributed by atoms with Crippen molar-refractivity contribution in [3.05, 3.63) is 59.9 Å². The van der Waals surface area contributed by atoms with Crippen molar-refractivity contribution in [2.45, 2.75) is 22.0 Å². The van der Waals surface area contributed by atoms with Crippen molar-refractivity contribution in [1.82, 2.24) is 0 Å². The summed E-state index contributed by atoms with van der Waals surface area (Å²) in [5, 5.41) is -0.902. The van der Waals surface area contributed by atoms with E-state index in [0.29, 0.717) is 5.56 Å². The first-order chi connectivity index (χ1) is 9.82. The third-order valence-corrected chi connectivity index (χ3v) is 5.98. The number of hydrogen-bond donors (Lipinski definition) is 1. The number of benzene rings is 2. The predicted octanol–water partition coefficient (Wildman–Crippen LogP) is 3.45. The zero-order valence-electron chi connectivity index (χ0n) is 11.1. The molecule has 21 heavy (non-hydrogen) atoms. The van der Waals surface area contributed by atoms with E-state index in [1.54, 1.807) is 6.07 Å². The van der Waals surface area contributed by atoms with Crippen LogP contribution in [0.2, 0.25) is 0 Å². The fourth-order valence-electron chi connectivity index (χ4n) is 1.90. The van der Waals surface area contributed by atoms with Gasteiger partial charge in [-0.15, -0.1) is 0 Å². The van der Waals surface area contributed by atoms with Gasteiger partial charge in [0.25, 0.3) is 0 Å². The maximum absolute atomic E-state index is 13.2. The van der Waals surface area contributed by atoms with E-state index in [1.165, 1.54) is 49.4 Å². The molecule has 0 saturated heterocycles. The summed E-state index contributed by atoms with van der Waals surface area (Å²) in [6.45, 7) is 1.49. The number of sulfone groups is 1. The molecule has 0 aliphatic heterocycles. The van der Waals surface area contributed by atoms with E-state index in [2.05, 4.69) is 0 Å². The maximum Gasteiger partial charge on any atom is 0.185 e. The van der Waals surface area contributed by atoms with E-state index in [0.717, 1.165) is 0 Å². The molecular formula is C14H13FNO3S2-. The average Bonchev–Trinajstić information content (AvgIpc) is 2.46. The zero-order chi connectivity index (χ0) is 15.6. The quantitative estimate of drug-likeness (QED) is 0.874. The van der Waals surface area contributed by atoms with Gasteiger partial charge in [-0.2, -0.15) is 10.6 Å². The predicted molar refractivity (Wildman–Crippen MR) is 77.5 cm³/mol. The number of rotatable bonds is 4. The maximum atomic E-state index is 13.2. The first-order valence-electron chi connectivity index (χ1n) is 6.05. The molecular weight excluding hydrogens is 313 g/mol. The van der Waals surface area contributed by atoms with Crippen LogP contribution in [0.25, 0.3) is 0 Å². The summed E-state index contributed by atoms with van der Waals surface area (Å²) in [6, 6.07) is 10.8. The number of halogens is 1. The Morgan fingerprint density at radius 2 is 1.76 bits per heavy atom. The molecule has 0 fully saturated rings. The highest BCUT2D eigenvalue weighted by Crippen LogP contribution is 2.29. The average molecular weight is 326 g/mol. The standard InChI is InChI=1S/C14H13FNO3S2/c1-10(11-3-2-4-12(15)9-11)21(18,19)14-7-5-13(6-8-14)20(16)17/h2-10,16H,1H3/q-1/t10-/m0/s1. The van der Waals surface area contributed by atoms with Crippen LogP contribution in [0.15, 0.2) is 58.3 Å². The summed E-state index contributed by atoms with van der Waals surface area (Å²) in [7, 11) is -5.59. The van der Waals surface area contributed by atoms with Crippen LogP contribution in [0.3, 0.4) is 0 Å². The second-order valence-corrected chi connectivity index (χ2v) is 7.76. The minimum atomic E-state index is -3.68. The van der Waals surface area contributed by atoms with Crippen LogP contribution in [-0.2, 0) is 24.6 Å². The Bertz CT molecular complexity index is 820. The lowest BCUT2D eigenvalue weighted by molar-refractivity contribution is 0.584. The van der Waals surface area contributed by atoms with Gasteiger partial charge in [0.15, 0.2) is 9.84 Å². The van der Waals surface area contributed by atoms with Crippen molar-refractivity contribution in [1.29, 1.82) is 4.78 Å². The van der Waals surface area contributed by atoms with Crippen LogP contribution in [-0.4, -0.2) is 8.42 Å². The molecule has 0 spiro atoms. The lowest BCUT2D eigenvalue weighted by Crippen LogP contribution is -2.11. The lowest BCUT2D eigenvalue weighted by atomic mass is 10.2. The van der Waals surface area contributed by atoms with Gasteiger partial charge in [0.2, 0.25) is 0 Å². The van der Waals surface area contributed by atoms with Crippen LogP contribution in [0.1, 0.15) is 17.7 Å². The highest BCUT2D eigenvalue weighted by atomic mass is 32.2. The number of nitrogens with one attached hydrogen (secondary N) is 1. The van der Waals surface area contributed by atoms with Crippen molar-refractivity contribution in [2.24, 2.45) is 0 Å². The van der Waals surface area contributed by atoms with E-state index in [9.17, 15) is 17.0 Å². The second kappa shape index (κ2) is 5.95. The molecule has 4 nitrogen and oxygen atoms in total. The summed E-state index contributed by atoms with van der Waals surface area (Å²) < 4.78 is 56.2. The van der Waals surface area contributed by atoms with Gasteiger partial charge in [0.05, 0.1) is 10.1 Å². The molecule has 2 rings (SSSR count). The summed E-state index contributed by atoms with van der Waals surface area (Å²) in [5.74, 6) is -0.491. The van der Waals surface area contributed by atoms with Gasteiger partial charge < -0.3 is 8.99 Å². The van der Waals surface area contributed by atoms with Crippen LogP contribution in [0.4, 0.5) is 4.39 Å². The van der Waals surface area contributed by atoms with E-state index < -0.39 is 31.5 Å². The Hall–Kier alpha value is -1.73. The SMILES string of the molecule is C[C@@H](c1cccc(F)c1)S(=O)(=O)c1ccc([S-](=N)=O)cc1. The van der Waals surface area contributed by atoms with Gasteiger partial charge in [-0.1, -0.05) is 29.2 Å². The molecule has 0 aliphatic rings. The highest BCUT2D eigenvalue weighted by Gasteiger charge is 2.24. The lowest BCUT2D eigenvalue weighted by Gasteiger charge is -2.14. The van der Waals surface area contributed by atoms with Crippen LogP contribution in [0, 0.1) is 10.6 Å². The van der Waals surface area contributed by atoms with Crippen LogP contribution >= 0.6 is 0 Å². The fraction of sp³-hybridized carbons (Fsp3) is 0.143. The Balaban J connectivity index is 2.41. The van der Waals surface area contributed by atoms with E-state index >= 15 is 0 Å². The van der Waals surface area contributed by atoms with Crippen molar-refractivity contribution in [2.75, 3.05) is 0 Å². The molecule has 0 unspecified atom stereocenters. The van der Waals surface area contributed by atoms with Gasteiger partial charge in [-0.3, -0.25) is 0 Å². The topological polar surface area (TPSA) is 75.1 Å².